The highest BCUT2D eigenvalue weighted by atomic mass is 79.9. The fraction of sp³-hybridized carbons (Fsp3) is 0.500. The van der Waals surface area contributed by atoms with Gasteiger partial charge in [0.15, 0.2) is 0 Å². The lowest BCUT2D eigenvalue weighted by atomic mass is 10.2. The van der Waals surface area contributed by atoms with Crippen LogP contribution in [0, 0.1) is 0 Å². The molecule has 0 amide bonds. The van der Waals surface area contributed by atoms with Gasteiger partial charge in [-0.1, -0.05) is 6.07 Å². The molecule has 1 aliphatic heterocycles. The Morgan fingerprint density at radius 1 is 1.26 bits per heavy atom. The maximum Gasteiger partial charge on any atom is 0.244 e. The Hall–Kier alpha value is -0.140. The minimum Gasteiger partial charge on any atom is -0.304 e. The number of nitrogens with zero attached hydrogens (tertiary/aromatic N) is 2. The minimum absolute atomic E-state index is 0.301. The van der Waals surface area contributed by atoms with Gasteiger partial charge in [-0.15, -0.1) is 11.6 Å². The van der Waals surface area contributed by atoms with Crippen LogP contribution in [0.2, 0.25) is 0 Å². The van der Waals surface area contributed by atoms with E-state index in [0.717, 1.165) is 18.7 Å². The fourth-order valence-electron chi connectivity index (χ4n) is 2.00. The lowest BCUT2D eigenvalue weighted by Gasteiger charge is -2.31. The van der Waals surface area contributed by atoms with E-state index < -0.39 is 10.0 Å². The quantitative estimate of drug-likeness (QED) is 0.769. The predicted molar refractivity (Wildman–Crippen MR) is 80.0 cm³/mol. The molecule has 0 aromatic heterocycles. The van der Waals surface area contributed by atoms with Crippen molar-refractivity contribution in [1.82, 2.24) is 9.21 Å². The molecule has 0 N–H and O–H groups in total. The summed E-state index contributed by atoms with van der Waals surface area (Å²) in [5, 5.41) is 0. The van der Waals surface area contributed by atoms with Crippen LogP contribution in [-0.4, -0.2) is 50.8 Å². The van der Waals surface area contributed by atoms with Crippen LogP contribution in [0.1, 0.15) is 5.56 Å². The average molecular weight is 368 g/mol. The van der Waals surface area contributed by atoms with Crippen molar-refractivity contribution in [3.8, 4) is 0 Å². The van der Waals surface area contributed by atoms with E-state index >= 15 is 0 Å². The smallest absolute Gasteiger partial charge is 0.244 e. The average Bonchev–Trinajstić information content (AvgIpc) is 2.39. The molecule has 1 saturated heterocycles. The first-order valence-electron chi connectivity index (χ1n) is 5.98. The van der Waals surface area contributed by atoms with Gasteiger partial charge in [0.1, 0.15) is 0 Å². The molecule has 106 valence electrons. The summed E-state index contributed by atoms with van der Waals surface area (Å²) in [6.07, 6.45) is 0. The first-order chi connectivity index (χ1) is 8.95. The van der Waals surface area contributed by atoms with Crippen LogP contribution < -0.4 is 0 Å². The molecule has 1 fully saturated rings. The Bertz CT molecular complexity index is 557. The third-order valence-corrected chi connectivity index (χ3v) is 6.43. The second-order valence-electron chi connectivity index (χ2n) is 4.61. The van der Waals surface area contributed by atoms with Gasteiger partial charge in [0.25, 0.3) is 0 Å². The molecule has 4 nitrogen and oxygen atoms in total. The standard InChI is InChI=1S/C12H16BrClN2O2S/c1-15-4-6-16(7-5-15)19(17,18)12-8-10(9-14)2-3-11(12)13/h2-3,8H,4-7,9H2,1H3. The van der Waals surface area contributed by atoms with Crippen LogP contribution in [0.25, 0.3) is 0 Å². The Kier molecular flexibility index (Phi) is 4.89. The number of sulfonamides is 1. The maximum atomic E-state index is 12.6. The van der Waals surface area contributed by atoms with Gasteiger partial charge in [0.05, 0.1) is 4.90 Å². The van der Waals surface area contributed by atoms with Crippen molar-refractivity contribution in [1.29, 1.82) is 0 Å². The van der Waals surface area contributed by atoms with Crippen molar-refractivity contribution < 1.29 is 8.42 Å². The predicted octanol–water partition coefficient (Wildman–Crippen LogP) is 2.12. The highest BCUT2D eigenvalue weighted by Crippen LogP contribution is 2.27. The molecule has 1 aromatic rings. The molecule has 19 heavy (non-hydrogen) atoms. The normalized spacial score (nSPS) is 18.7. The van der Waals surface area contributed by atoms with Gasteiger partial charge in [-0.2, -0.15) is 4.31 Å². The second kappa shape index (κ2) is 6.10. The third-order valence-electron chi connectivity index (χ3n) is 3.23. The molecule has 1 aliphatic rings. The molecule has 1 aromatic carbocycles. The number of benzene rings is 1. The van der Waals surface area contributed by atoms with Gasteiger partial charge in [-0.25, -0.2) is 8.42 Å². The van der Waals surface area contributed by atoms with E-state index in [2.05, 4.69) is 20.8 Å². The molecule has 0 bridgehead atoms. The first kappa shape index (κ1) is 15.3. The van der Waals surface area contributed by atoms with Crippen LogP contribution in [0.5, 0.6) is 0 Å². The zero-order valence-electron chi connectivity index (χ0n) is 10.6. The van der Waals surface area contributed by atoms with Crippen molar-refractivity contribution in [2.75, 3.05) is 33.2 Å². The molecule has 0 atom stereocenters. The van der Waals surface area contributed by atoms with Gasteiger partial charge in [0.2, 0.25) is 10.0 Å². The summed E-state index contributed by atoms with van der Waals surface area (Å²) in [5.41, 5.74) is 0.803. The number of piperazine rings is 1. The molecular weight excluding hydrogens is 352 g/mol. The highest BCUT2D eigenvalue weighted by molar-refractivity contribution is 9.10. The largest absolute Gasteiger partial charge is 0.304 e. The SMILES string of the molecule is CN1CCN(S(=O)(=O)c2cc(CCl)ccc2Br)CC1. The molecule has 0 radical (unpaired) electrons. The van der Waals surface area contributed by atoms with E-state index in [1.54, 1.807) is 12.1 Å². The van der Waals surface area contributed by atoms with Crippen molar-refractivity contribution >= 4 is 37.6 Å². The monoisotopic (exact) mass is 366 g/mol. The maximum absolute atomic E-state index is 12.6. The second-order valence-corrected chi connectivity index (χ2v) is 7.63. The van der Waals surface area contributed by atoms with Crippen LogP contribution in [0.3, 0.4) is 0 Å². The van der Waals surface area contributed by atoms with E-state index in [0.29, 0.717) is 28.3 Å². The number of hydrogen-bond acceptors (Lipinski definition) is 3. The zero-order chi connectivity index (χ0) is 14.0. The molecular formula is C12H16BrClN2O2S. The molecule has 0 spiro atoms. The summed E-state index contributed by atoms with van der Waals surface area (Å²) < 4.78 is 27.4. The first-order valence-corrected chi connectivity index (χ1v) is 8.75. The summed E-state index contributed by atoms with van der Waals surface area (Å²) in [7, 11) is -1.45. The van der Waals surface area contributed by atoms with Crippen molar-refractivity contribution in [2.24, 2.45) is 0 Å². The van der Waals surface area contributed by atoms with E-state index in [-0.39, 0.29) is 0 Å². The van der Waals surface area contributed by atoms with Gasteiger partial charge >= 0.3 is 0 Å². The van der Waals surface area contributed by atoms with Gasteiger partial charge in [-0.05, 0) is 40.7 Å². The summed E-state index contributed by atoms with van der Waals surface area (Å²) in [6, 6.07) is 5.20. The summed E-state index contributed by atoms with van der Waals surface area (Å²) in [4.78, 5) is 2.42. The number of alkyl halides is 1. The number of hydrogen-bond donors (Lipinski definition) is 0. The van der Waals surface area contributed by atoms with E-state index in [4.69, 9.17) is 11.6 Å². The number of halogens is 2. The Morgan fingerprint density at radius 3 is 2.47 bits per heavy atom. The van der Waals surface area contributed by atoms with E-state index in [1.165, 1.54) is 4.31 Å². The van der Waals surface area contributed by atoms with E-state index in [9.17, 15) is 8.42 Å². The van der Waals surface area contributed by atoms with Gasteiger partial charge < -0.3 is 4.90 Å². The number of likely N-dealkylation sites (N-methyl/N-ethyl adjacent to an activating group) is 1. The zero-order valence-corrected chi connectivity index (χ0v) is 13.8. The van der Waals surface area contributed by atoms with Crippen LogP contribution in [0.4, 0.5) is 0 Å². The van der Waals surface area contributed by atoms with Crippen molar-refractivity contribution in [3.63, 3.8) is 0 Å². The van der Waals surface area contributed by atoms with Crippen LogP contribution >= 0.6 is 27.5 Å². The summed E-state index contributed by atoms with van der Waals surface area (Å²) >= 11 is 9.09. The summed E-state index contributed by atoms with van der Waals surface area (Å²) in [6.45, 7) is 2.56. The Balaban J connectivity index is 2.34. The van der Waals surface area contributed by atoms with Gasteiger partial charge in [-0.3, -0.25) is 0 Å². The lowest BCUT2D eigenvalue weighted by molar-refractivity contribution is 0.222. The molecule has 7 heteroatoms. The highest BCUT2D eigenvalue weighted by Gasteiger charge is 2.29. The molecule has 0 unspecified atom stereocenters. The van der Waals surface area contributed by atoms with Crippen LogP contribution in [-0.2, 0) is 15.9 Å². The lowest BCUT2D eigenvalue weighted by Crippen LogP contribution is -2.47. The molecule has 0 aliphatic carbocycles. The fourth-order valence-corrected chi connectivity index (χ4v) is 4.56. The topological polar surface area (TPSA) is 40.6 Å². The number of rotatable bonds is 3. The van der Waals surface area contributed by atoms with Gasteiger partial charge in [0, 0.05) is 36.5 Å². The van der Waals surface area contributed by atoms with Crippen molar-refractivity contribution in [3.05, 3.63) is 28.2 Å². The molecule has 0 saturated carbocycles. The third kappa shape index (κ3) is 3.31. The summed E-state index contributed by atoms with van der Waals surface area (Å²) in [5.74, 6) is 0.304. The molecule has 1 heterocycles. The van der Waals surface area contributed by atoms with E-state index in [1.807, 2.05) is 13.1 Å². The minimum atomic E-state index is -3.45. The Morgan fingerprint density at radius 2 is 1.89 bits per heavy atom. The van der Waals surface area contributed by atoms with Crippen molar-refractivity contribution in [2.45, 2.75) is 10.8 Å². The Labute approximate surface area is 127 Å². The van der Waals surface area contributed by atoms with Crippen LogP contribution in [0.15, 0.2) is 27.6 Å². The molecule has 2 rings (SSSR count).